The maximum atomic E-state index is 13.3. The van der Waals surface area contributed by atoms with Gasteiger partial charge in [-0.05, 0) is 56.0 Å². The van der Waals surface area contributed by atoms with Crippen molar-refractivity contribution in [3.63, 3.8) is 0 Å². The second-order valence-corrected chi connectivity index (χ2v) is 8.65. The van der Waals surface area contributed by atoms with Gasteiger partial charge in [0.15, 0.2) is 11.5 Å². The van der Waals surface area contributed by atoms with Crippen molar-refractivity contribution < 1.29 is 13.9 Å². The molecule has 2 aromatic carbocycles. The van der Waals surface area contributed by atoms with Gasteiger partial charge in [0.25, 0.3) is 0 Å². The zero-order chi connectivity index (χ0) is 22.6. The van der Waals surface area contributed by atoms with Crippen molar-refractivity contribution in [1.82, 2.24) is 15.3 Å². The van der Waals surface area contributed by atoms with Crippen LogP contribution in [0.25, 0.3) is 10.9 Å². The first-order valence-corrected chi connectivity index (χ1v) is 11.7. The van der Waals surface area contributed by atoms with Crippen LogP contribution in [0.2, 0.25) is 0 Å². The number of rotatable bonds is 7. The van der Waals surface area contributed by atoms with Gasteiger partial charge < -0.3 is 25.0 Å². The van der Waals surface area contributed by atoms with E-state index in [9.17, 15) is 4.39 Å². The number of hydrogen-bond acceptors (Lipinski definition) is 7. The first kappa shape index (κ1) is 21.7. The second kappa shape index (κ2) is 9.79. The largest absolute Gasteiger partial charge is 0.493 e. The minimum atomic E-state index is -0.243. The standard InChI is InChI=1S/C25H30FN5O2/c1-32-22-13-20-21(14-23(22)33-19-9-10-27-16-19)29-25(28-15-17-5-7-18(26)8-6-17)30-24(20)31-11-3-2-4-12-31/h5-8,13-14,19,27H,2-4,9-12,15-16H2,1H3,(H,28,29,30). The second-order valence-electron chi connectivity index (χ2n) is 8.65. The van der Waals surface area contributed by atoms with Crippen LogP contribution >= 0.6 is 0 Å². The average molecular weight is 452 g/mol. The van der Waals surface area contributed by atoms with Crippen LogP contribution < -0.4 is 25.0 Å². The Balaban J connectivity index is 1.51. The molecule has 2 N–H and O–H groups in total. The fourth-order valence-corrected chi connectivity index (χ4v) is 4.49. The molecule has 0 bridgehead atoms. The van der Waals surface area contributed by atoms with Crippen molar-refractivity contribution in [3.05, 3.63) is 47.8 Å². The molecule has 0 aliphatic carbocycles. The molecule has 3 heterocycles. The third-order valence-corrected chi connectivity index (χ3v) is 6.29. The molecule has 2 aliphatic rings. The van der Waals surface area contributed by atoms with E-state index in [2.05, 4.69) is 15.5 Å². The van der Waals surface area contributed by atoms with Gasteiger partial charge in [-0.15, -0.1) is 0 Å². The molecule has 0 saturated carbocycles. The summed E-state index contributed by atoms with van der Waals surface area (Å²) in [5, 5.41) is 7.61. The van der Waals surface area contributed by atoms with Crippen molar-refractivity contribution in [2.24, 2.45) is 0 Å². The molecular formula is C25H30FN5O2. The molecule has 2 fully saturated rings. The number of anilines is 2. The van der Waals surface area contributed by atoms with Crippen molar-refractivity contribution >= 4 is 22.7 Å². The number of nitrogens with zero attached hydrogens (tertiary/aromatic N) is 3. The van der Waals surface area contributed by atoms with Gasteiger partial charge in [0.05, 0.1) is 12.6 Å². The lowest BCUT2D eigenvalue weighted by Gasteiger charge is -2.29. The molecule has 0 amide bonds. The van der Waals surface area contributed by atoms with Crippen molar-refractivity contribution in [3.8, 4) is 11.5 Å². The summed E-state index contributed by atoms with van der Waals surface area (Å²) in [5.41, 5.74) is 1.78. The highest BCUT2D eigenvalue weighted by atomic mass is 19.1. The first-order chi connectivity index (χ1) is 16.2. The van der Waals surface area contributed by atoms with E-state index in [0.29, 0.717) is 24.0 Å². The molecule has 3 aromatic rings. The van der Waals surface area contributed by atoms with Crippen LogP contribution in [0.1, 0.15) is 31.2 Å². The Bertz CT molecular complexity index is 1100. The van der Waals surface area contributed by atoms with Crippen molar-refractivity contribution in [2.45, 2.75) is 38.3 Å². The third-order valence-electron chi connectivity index (χ3n) is 6.29. The SMILES string of the molecule is COc1cc2c(N3CCCCC3)nc(NCc3ccc(F)cc3)nc2cc1OC1CCNC1. The summed E-state index contributed by atoms with van der Waals surface area (Å²) in [6.07, 6.45) is 4.63. The molecule has 0 spiro atoms. The normalized spacial score (nSPS) is 18.5. The lowest BCUT2D eigenvalue weighted by atomic mass is 10.1. The Hall–Kier alpha value is -3.13. The molecule has 5 rings (SSSR count). The molecule has 1 unspecified atom stereocenters. The van der Waals surface area contributed by atoms with Gasteiger partial charge in [0.2, 0.25) is 5.95 Å². The van der Waals surface area contributed by atoms with Crippen molar-refractivity contribution in [2.75, 3.05) is 43.5 Å². The van der Waals surface area contributed by atoms with Gasteiger partial charge in [0, 0.05) is 37.6 Å². The predicted octanol–water partition coefficient (Wildman–Crippen LogP) is 4.12. The van der Waals surface area contributed by atoms with Crippen LogP contribution in [0.5, 0.6) is 11.5 Å². The molecule has 1 aromatic heterocycles. The van der Waals surface area contributed by atoms with Gasteiger partial charge >= 0.3 is 0 Å². The molecular weight excluding hydrogens is 421 g/mol. The molecule has 1 atom stereocenters. The highest BCUT2D eigenvalue weighted by Gasteiger charge is 2.22. The number of nitrogens with one attached hydrogen (secondary N) is 2. The summed E-state index contributed by atoms with van der Waals surface area (Å²) in [6, 6.07) is 10.4. The van der Waals surface area contributed by atoms with E-state index in [1.165, 1.54) is 18.6 Å². The number of aromatic nitrogens is 2. The van der Waals surface area contributed by atoms with Gasteiger partial charge in [-0.25, -0.2) is 9.37 Å². The lowest BCUT2D eigenvalue weighted by molar-refractivity contribution is 0.213. The van der Waals surface area contributed by atoms with Crippen LogP contribution in [0.15, 0.2) is 36.4 Å². The molecule has 33 heavy (non-hydrogen) atoms. The van der Waals surface area contributed by atoms with E-state index >= 15 is 0 Å². The van der Waals surface area contributed by atoms with Crippen LogP contribution in [-0.4, -0.2) is 49.4 Å². The van der Waals surface area contributed by atoms with E-state index < -0.39 is 0 Å². The smallest absolute Gasteiger partial charge is 0.225 e. The summed E-state index contributed by atoms with van der Waals surface area (Å²) in [7, 11) is 1.67. The average Bonchev–Trinajstić information content (AvgIpc) is 3.36. The zero-order valence-electron chi connectivity index (χ0n) is 18.9. The molecule has 174 valence electrons. The van der Waals surface area contributed by atoms with Gasteiger partial charge in [-0.2, -0.15) is 4.98 Å². The number of benzene rings is 2. The molecule has 2 aliphatic heterocycles. The van der Waals surface area contributed by atoms with Crippen LogP contribution in [0.3, 0.4) is 0 Å². The third kappa shape index (κ3) is 4.95. The molecule has 2 saturated heterocycles. The summed E-state index contributed by atoms with van der Waals surface area (Å²) < 4.78 is 25.2. The fraction of sp³-hybridized carbons (Fsp3) is 0.440. The summed E-state index contributed by atoms with van der Waals surface area (Å²) >= 11 is 0. The minimum Gasteiger partial charge on any atom is -0.493 e. The lowest BCUT2D eigenvalue weighted by Crippen LogP contribution is -2.30. The molecule has 7 nitrogen and oxygen atoms in total. The maximum absolute atomic E-state index is 13.3. The first-order valence-electron chi connectivity index (χ1n) is 11.7. The summed E-state index contributed by atoms with van der Waals surface area (Å²) in [6.45, 7) is 4.24. The Morgan fingerprint density at radius 2 is 1.91 bits per heavy atom. The summed E-state index contributed by atoms with van der Waals surface area (Å²) in [4.78, 5) is 12.0. The van der Waals surface area contributed by atoms with E-state index in [1.54, 1.807) is 19.2 Å². The Morgan fingerprint density at radius 3 is 2.64 bits per heavy atom. The maximum Gasteiger partial charge on any atom is 0.225 e. The monoisotopic (exact) mass is 451 g/mol. The zero-order valence-corrected chi connectivity index (χ0v) is 18.9. The quantitative estimate of drug-likeness (QED) is 0.560. The highest BCUT2D eigenvalue weighted by Crippen LogP contribution is 2.37. The number of ether oxygens (including phenoxy) is 2. The Labute approximate surface area is 193 Å². The van der Waals surface area contributed by atoms with Crippen LogP contribution in [-0.2, 0) is 6.54 Å². The number of halogens is 1. The topological polar surface area (TPSA) is 71.5 Å². The number of methoxy groups -OCH3 is 1. The van der Waals surface area contributed by atoms with Crippen LogP contribution in [0.4, 0.5) is 16.2 Å². The van der Waals surface area contributed by atoms with Gasteiger partial charge in [0.1, 0.15) is 17.7 Å². The van der Waals surface area contributed by atoms with E-state index in [0.717, 1.165) is 67.7 Å². The summed E-state index contributed by atoms with van der Waals surface area (Å²) in [5.74, 6) is 2.61. The number of fused-ring (bicyclic) bond motifs is 1. The predicted molar refractivity (Wildman–Crippen MR) is 128 cm³/mol. The van der Waals surface area contributed by atoms with Crippen LogP contribution in [0, 0.1) is 5.82 Å². The highest BCUT2D eigenvalue weighted by molar-refractivity contribution is 5.93. The Kier molecular flexibility index (Phi) is 6.44. The number of piperidine rings is 1. The number of hydrogen-bond donors (Lipinski definition) is 2. The minimum absolute atomic E-state index is 0.121. The van der Waals surface area contributed by atoms with Gasteiger partial charge in [-0.1, -0.05) is 12.1 Å². The molecule has 0 radical (unpaired) electrons. The fourth-order valence-electron chi connectivity index (χ4n) is 4.49. The van der Waals surface area contributed by atoms with E-state index in [4.69, 9.17) is 19.4 Å². The van der Waals surface area contributed by atoms with Gasteiger partial charge in [-0.3, -0.25) is 0 Å². The Morgan fingerprint density at radius 1 is 1.09 bits per heavy atom. The van der Waals surface area contributed by atoms with Crippen molar-refractivity contribution in [1.29, 1.82) is 0 Å². The van der Waals surface area contributed by atoms with E-state index in [1.807, 2.05) is 12.1 Å². The van der Waals surface area contributed by atoms with E-state index in [-0.39, 0.29) is 11.9 Å². The molecule has 8 heteroatoms.